The summed E-state index contributed by atoms with van der Waals surface area (Å²) in [5.74, 6) is 2.63. The van der Waals surface area contributed by atoms with Crippen molar-refractivity contribution < 1.29 is 9.47 Å². The predicted molar refractivity (Wildman–Crippen MR) is 119 cm³/mol. The molecule has 0 radical (unpaired) electrons. The molecular formula is C24H33N3O2. The normalized spacial score (nSPS) is 17.8. The molecule has 2 unspecified atom stereocenters. The van der Waals surface area contributed by atoms with Gasteiger partial charge in [-0.05, 0) is 36.5 Å². The van der Waals surface area contributed by atoms with Crippen LogP contribution in [0, 0.1) is 12.8 Å². The highest BCUT2D eigenvalue weighted by Gasteiger charge is 2.17. The molecule has 29 heavy (non-hydrogen) atoms. The zero-order valence-electron chi connectivity index (χ0n) is 17.8. The van der Waals surface area contributed by atoms with Gasteiger partial charge < -0.3 is 20.1 Å². The van der Waals surface area contributed by atoms with Crippen molar-refractivity contribution in [2.75, 3.05) is 33.4 Å². The number of nitrogens with zero attached hydrogens (tertiary/aromatic N) is 1. The van der Waals surface area contributed by atoms with Gasteiger partial charge in [-0.2, -0.15) is 0 Å². The molecule has 2 atom stereocenters. The number of hydrogen-bond donors (Lipinski definition) is 2. The van der Waals surface area contributed by atoms with Crippen LogP contribution in [0.3, 0.4) is 0 Å². The predicted octanol–water partition coefficient (Wildman–Crippen LogP) is 3.88. The topological polar surface area (TPSA) is 54.9 Å². The number of aliphatic imine (C=N–C) groups is 1. The van der Waals surface area contributed by atoms with Crippen LogP contribution >= 0.6 is 0 Å². The summed E-state index contributed by atoms with van der Waals surface area (Å²) in [6, 6.07) is 16.9. The molecule has 0 amide bonds. The lowest BCUT2D eigenvalue weighted by atomic mass is 10.0. The molecule has 1 saturated heterocycles. The zero-order valence-corrected chi connectivity index (χ0v) is 17.8. The molecule has 1 aliphatic heterocycles. The minimum absolute atomic E-state index is 0.404. The highest BCUT2D eigenvalue weighted by Crippen LogP contribution is 2.22. The van der Waals surface area contributed by atoms with Gasteiger partial charge in [-0.1, -0.05) is 49.4 Å². The molecule has 5 nitrogen and oxygen atoms in total. The van der Waals surface area contributed by atoms with E-state index in [1.54, 1.807) is 7.05 Å². The van der Waals surface area contributed by atoms with E-state index in [9.17, 15) is 0 Å². The molecule has 5 heteroatoms. The summed E-state index contributed by atoms with van der Waals surface area (Å²) in [4.78, 5) is 4.36. The molecule has 2 aromatic rings. The third-order valence-electron chi connectivity index (χ3n) is 5.34. The minimum Gasteiger partial charge on any atom is -0.493 e. The smallest absolute Gasteiger partial charge is 0.191 e. The van der Waals surface area contributed by atoms with E-state index in [2.05, 4.69) is 71.9 Å². The summed E-state index contributed by atoms with van der Waals surface area (Å²) >= 11 is 0. The van der Waals surface area contributed by atoms with Gasteiger partial charge in [0.05, 0.1) is 13.2 Å². The van der Waals surface area contributed by atoms with Gasteiger partial charge in [-0.3, -0.25) is 4.99 Å². The first-order valence-electron chi connectivity index (χ1n) is 10.4. The molecular weight excluding hydrogens is 362 g/mol. The number of benzene rings is 2. The van der Waals surface area contributed by atoms with Gasteiger partial charge >= 0.3 is 0 Å². The fourth-order valence-corrected chi connectivity index (χ4v) is 3.41. The summed E-state index contributed by atoms with van der Waals surface area (Å²) < 4.78 is 11.6. The number of hydrogen-bond acceptors (Lipinski definition) is 3. The van der Waals surface area contributed by atoms with E-state index >= 15 is 0 Å². The van der Waals surface area contributed by atoms with Crippen molar-refractivity contribution in [1.82, 2.24) is 10.6 Å². The molecule has 1 heterocycles. The van der Waals surface area contributed by atoms with Gasteiger partial charge in [0.2, 0.25) is 0 Å². The standard InChI is InChI=1S/C24H33N3O2/c1-18-9-10-22(23(13-18)29-17-20-11-12-28-16-20)15-27-24(25-3)26-14-19(2)21-7-5-4-6-8-21/h4-10,13,19-20H,11-12,14-17H2,1-3H3,(H2,25,26,27). The first-order chi connectivity index (χ1) is 14.2. The average molecular weight is 396 g/mol. The Balaban J connectivity index is 1.53. The fraction of sp³-hybridized carbons (Fsp3) is 0.458. The highest BCUT2D eigenvalue weighted by molar-refractivity contribution is 5.79. The fourth-order valence-electron chi connectivity index (χ4n) is 3.41. The molecule has 156 valence electrons. The lowest BCUT2D eigenvalue weighted by Gasteiger charge is -2.18. The van der Waals surface area contributed by atoms with Gasteiger partial charge in [0.1, 0.15) is 5.75 Å². The zero-order chi connectivity index (χ0) is 20.5. The number of ether oxygens (including phenoxy) is 2. The van der Waals surface area contributed by atoms with Gasteiger partial charge in [-0.25, -0.2) is 0 Å². The quantitative estimate of drug-likeness (QED) is 0.526. The van der Waals surface area contributed by atoms with Crippen LogP contribution in [0.4, 0.5) is 0 Å². The summed E-state index contributed by atoms with van der Waals surface area (Å²) in [5, 5.41) is 6.84. The summed E-state index contributed by atoms with van der Waals surface area (Å²) in [7, 11) is 1.80. The van der Waals surface area contributed by atoms with Crippen LogP contribution in [0.1, 0.15) is 36.0 Å². The van der Waals surface area contributed by atoms with Crippen LogP contribution < -0.4 is 15.4 Å². The monoisotopic (exact) mass is 395 g/mol. The van der Waals surface area contributed by atoms with E-state index in [-0.39, 0.29) is 0 Å². The van der Waals surface area contributed by atoms with Crippen molar-refractivity contribution in [2.45, 2.75) is 32.7 Å². The van der Waals surface area contributed by atoms with Crippen molar-refractivity contribution in [1.29, 1.82) is 0 Å². The van der Waals surface area contributed by atoms with Crippen molar-refractivity contribution in [3.05, 3.63) is 65.2 Å². The molecule has 1 fully saturated rings. The van der Waals surface area contributed by atoms with Crippen LogP contribution in [0.5, 0.6) is 5.75 Å². The Labute approximate surface area is 174 Å². The molecule has 1 aliphatic rings. The molecule has 0 spiro atoms. The number of guanidine groups is 1. The Hall–Kier alpha value is -2.53. The molecule has 0 saturated carbocycles. The Morgan fingerprint density at radius 2 is 2.03 bits per heavy atom. The second-order valence-electron chi connectivity index (χ2n) is 7.77. The van der Waals surface area contributed by atoms with Gasteiger partial charge in [0, 0.05) is 38.2 Å². The number of aryl methyl sites for hydroxylation is 1. The van der Waals surface area contributed by atoms with Crippen LogP contribution in [0.25, 0.3) is 0 Å². The SMILES string of the molecule is CN=C(NCc1ccc(C)cc1OCC1CCOC1)NCC(C)c1ccccc1. The third-order valence-corrected chi connectivity index (χ3v) is 5.34. The lowest BCUT2D eigenvalue weighted by Crippen LogP contribution is -2.38. The van der Waals surface area contributed by atoms with Crippen LogP contribution in [0.2, 0.25) is 0 Å². The van der Waals surface area contributed by atoms with E-state index < -0.39 is 0 Å². The maximum atomic E-state index is 6.14. The summed E-state index contributed by atoms with van der Waals surface area (Å²) in [6.07, 6.45) is 1.08. The first-order valence-corrected chi connectivity index (χ1v) is 10.4. The highest BCUT2D eigenvalue weighted by atomic mass is 16.5. The van der Waals surface area contributed by atoms with E-state index in [0.29, 0.717) is 25.0 Å². The van der Waals surface area contributed by atoms with E-state index in [1.165, 1.54) is 11.1 Å². The van der Waals surface area contributed by atoms with Crippen molar-refractivity contribution in [3.8, 4) is 5.75 Å². The van der Waals surface area contributed by atoms with Crippen molar-refractivity contribution in [2.24, 2.45) is 10.9 Å². The Morgan fingerprint density at radius 3 is 2.76 bits per heavy atom. The second kappa shape index (κ2) is 10.9. The first kappa shape index (κ1) is 21.2. The number of rotatable bonds is 8. The van der Waals surface area contributed by atoms with Crippen molar-refractivity contribution >= 4 is 5.96 Å². The molecule has 0 aliphatic carbocycles. The largest absolute Gasteiger partial charge is 0.493 e. The van der Waals surface area contributed by atoms with Crippen LogP contribution in [0.15, 0.2) is 53.5 Å². The number of nitrogens with one attached hydrogen (secondary N) is 2. The van der Waals surface area contributed by atoms with E-state index in [1.807, 2.05) is 6.07 Å². The summed E-state index contributed by atoms with van der Waals surface area (Å²) in [5.41, 5.74) is 3.65. The van der Waals surface area contributed by atoms with Gasteiger partial charge in [-0.15, -0.1) is 0 Å². The third kappa shape index (κ3) is 6.50. The van der Waals surface area contributed by atoms with E-state index in [4.69, 9.17) is 9.47 Å². The Morgan fingerprint density at radius 1 is 1.21 bits per heavy atom. The molecule has 0 aromatic heterocycles. The Kier molecular flexibility index (Phi) is 7.94. The van der Waals surface area contributed by atoms with Crippen molar-refractivity contribution in [3.63, 3.8) is 0 Å². The minimum atomic E-state index is 0.404. The molecule has 3 rings (SSSR count). The van der Waals surface area contributed by atoms with E-state index in [0.717, 1.165) is 43.5 Å². The average Bonchev–Trinajstić information content (AvgIpc) is 3.27. The lowest BCUT2D eigenvalue weighted by molar-refractivity contribution is 0.166. The van der Waals surface area contributed by atoms with Crippen LogP contribution in [-0.2, 0) is 11.3 Å². The maximum absolute atomic E-state index is 6.14. The molecule has 0 bridgehead atoms. The molecule has 2 N–H and O–H groups in total. The maximum Gasteiger partial charge on any atom is 0.191 e. The van der Waals surface area contributed by atoms with Crippen LogP contribution in [-0.4, -0.2) is 39.4 Å². The summed E-state index contributed by atoms with van der Waals surface area (Å²) in [6.45, 7) is 8.15. The molecule has 2 aromatic carbocycles. The van der Waals surface area contributed by atoms with Gasteiger partial charge in [0.25, 0.3) is 0 Å². The van der Waals surface area contributed by atoms with Gasteiger partial charge in [0.15, 0.2) is 5.96 Å². The second-order valence-corrected chi connectivity index (χ2v) is 7.77. The Bertz CT molecular complexity index is 786.